The third-order valence-corrected chi connectivity index (χ3v) is 3.34. The van der Waals surface area contributed by atoms with Crippen molar-refractivity contribution in [3.05, 3.63) is 64.8 Å². The molecule has 0 saturated carbocycles. The van der Waals surface area contributed by atoms with E-state index >= 15 is 0 Å². The Labute approximate surface area is 134 Å². The van der Waals surface area contributed by atoms with Crippen molar-refractivity contribution in [1.29, 1.82) is 0 Å². The fraction of sp³-hybridized carbons (Fsp3) is 0.176. The van der Waals surface area contributed by atoms with Crippen molar-refractivity contribution >= 4 is 28.6 Å². The van der Waals surface area contributed by atoms with Crippen LogP contribution in [0, 0.1) is 0 Å². The van der Waals surface area contributed by atoms with Gasteiger partial charge >= 0.3 is 11.9 Å². The Morgan fingerprint density at radius 3 is 2.23 bits per heavy atom. The fourth-order valence-corrected chi connectivity index (χ4v) is 1.98. The lowest BCUT2D eigenvalue weighted by Gasteiger charge is -2.04. The number of benzene rings is 1. The molecular weight excluding hydrogens is 304 g/mol. The number of aliphatic carboxylic acids is 1. The zero-order valence-electron chi connectivity index (χ0n) is 12.6. The Hall–Kier alpha value is -2.33. The molecule has 0 amide bonds. The van der Waals surface area contributed by atoms with Crippen LogP contribution in [0.15, 0.2) is 59.2 Å². The number of hydrogen-bond acceptors (Lipinski definition) is 3. The first-order chi connectivity index (χ1) is 10.4. The van der Waals surface area contributed by atoms with Crippen LogP contribution >= 0.6 is 11.6 Å². The van der Waals surface area contributed by atoms with Crippen LogP contribution in [-0.2, 0) is 14.3 Å². The highest BCUT2D eigenvalue weighted by molar-refractivity contribution is 6.49. The number of esters is 1. The average Bonchev–Trinajstić information content (AvgIpc) is 2.51. The van der Waals surface area contributed by atoms with Crippen molar-refractivity contribution in [2.24, 2.45) is 0 Å². The van der Waals surface area contributed by atoms with Gasteiger partial charge in [0.1, 0.15) is 5.57 Å². The lowest BCUT2D eigenvalue weighted by atomic mass is 10.1. The smallest absolute Gasteiger partial charge is 0.345 e. The van der Waals surface area contributed by atoms with Crippen LogP contribution in [0.25, 0.3) is 5.03 Å². The maximum absolute atomic E-state index is 11.4. The molecule has 5 heteroatoms. The molecule has 116 valence electrons. The Morgan fingerprint density at radius 1 is 1.14 bits per heavy atom. The first-order valence-electron chi connectivity index (χ1n) is 6.50. The quantitative estimate of drug-likeness (QED) is 0.295. The van der Waals surface area contributed by atoms with Gasteiger partial charge in [-0.05, 0) is 36.6 Å². The predicted octanol–water partition coefficient (Wildman–Crippen LogP) is 3.79. The van der Waals surface area contributed by atoms with E-state index in [9.17, 15) is 9.59 Å². The summed E-state index contributed by atoms with van der Waals surface area (Å²) in [6, 6.07) is 9.40. The van der Waals surface area contributed by atoms with Crippen molar-refractivity contribution < 1.29 is 19.4 Å². The summed E-state index contributed by atoms with van der Waals surface area (Å²) in [7, 11) is 1.13. The van der Waals surface area contributed by atoms with E-state index in [1.165, 1.54) is 6.08 Å². The average molecular weight is 321 g/mol. The van der Waals surface area contributed by atoms with Crippen LogP contribution in [0.5, 0.6) is 0 Å². The summed E-state index contributed by atoms with van der Waals surface area (Å²) >= 11 is 6.30. The molecule has 0 fully saturated rings. The van der Waals surface area contributed by atoms with E-state index in [-0.39, 0.29) is 0 Å². The molecule has 0 atom stereocenters. The molecule has 22 heavy (non-hydrogen) atoms. The topological polar surface area (TPSA) is 63.6 Å². The van der Waals surface area contributed by atoms with Crippen LogP contribution in [0.2, 0.25) is 0 Å². The summed E-state index contributed by atoms with van der Waals surface area (Å²) in [4.78, 5) is 22.4. The molecule has 4 nitrogen and oxygen atoms in total. The van der Waals surface area contributed by atoms with Gasteiger partial charge in [0.15, 0.2) is 0 Å². The molecule has 1 rings (SSSR count). The molecule has 0 heterocycles. The van der Waals surface area contributed by atoms with E-state index in [1.807, 2.05) is 37.3 Å². The molecule has 0 radical (unpaired) electrons. The first kappa shape index (κ1) is 17.7. The number of carboxylic acids is 1. The molecule has 0 spiro atoms. The minimum absolute atomic E-state index is 0.431. The highest BCUT2D eigenvalue weighted by Crippen LogP contribution is 2.24. The molecular formula is C17H17ClO4. The molecule has 0 saturated heterocycles. The van der Waals surface area contributed by atoms with E-state index in [4.69, 9.17) is 16.7 Å². The van der Waals surface area contributed by atoms with E-state index in [1.54, 1.807) is 13.0 Å². The van der Waals surface area contributed by atoms with Gasteiger partial charge in [-0.2, -0.15) is 0 Å². The molecule has 1 N–H and O–H groups in total. The number of carbonyl (C=O) groups excluding carboxylic acids is 1. The molecule has 1 aromatic rings. The van der Waals surface area contributed by atoms with Crippen molar-refractivity contribution in [1.82, 2.24) is 0 Å². The van der Waals surface area contributed by atoms with Gasteiger partial charge in [0.2, 0.25) is 0 Å². The lowest BCUT2D eigenvalue weighted by molar-refractivity contribution is -0.142. The van der Waals surface area contributed by atoms with Gasteiger partial charge in [0.05, 0.1) is 12.1 Å². The van der Waals surface area contributed by atoms with Crippen molar-refractivity contribution in [2.75, 3.05) is 7.11 Å². The van der Waals surface area contributed by atoms with Gasteiger partial charge in [-0.1, -0.05) is 48.0 Å². The third kappa shape index (κ3) is 4.90. The Morgan fingerprint density at radius 2 is 1.73 bits per heavy atom. The maximum Gasteiger partial charge on any atom is 0.345 e. The number of halogens is 1. The number of carboxylic acid groups (broad SMARTS) is 1. The van der Waals surface area contributed by atoms with Crippen LogP contribution < -0.4 is 0 Å². The molecule has 0 aliphatic rings. The maximum atomic E-state index is 11.4. The SMILES string of the molecule is COC(=O)\C(=C/C(C)=C/C(C)=C(\Cl)c1ccccc1)C(=O)O. The second kappa shape index (κ2) is 8.20. The lowest BCUT2D eigenvalue weighted by Crippen LogP contribution is -2.13. The number of methoxy groups -OCH3 is 1. The van der Waals surface area contributed by atoms with Gasteiger partial charge in [-0.15, -0.1) is 0 Å². The second-order valence-electron chi connectivity index (χ2n) is 4.61. The fourth-order valence-electron chi connectivity index (χ4n) is 1.80. The number of ether oxygens (including phenoxy) is 1. The highest BCUT2D eigenvalue weighted by atomic mass is 35.5. The number of rotatable bonds is 5. The summed E-state index contributed by atoms with van der Waals surface area (Å²) in [5, 5.41) is 9.57. The van der Waals surface area contributed by atoms with Crippen molar-refractivity contribution in [3.63, 3.8) is 0 Å². The van der Waals surface area contributed by atoms with E-state index in [0.717, 1.165) is 18.2 Å². The number of allylic oxidation sites excluding steroid dienone is 4. The highest BCUT2D eigenvalue weighted by Gasteiger charge is 2.17. The Kier molecular flexibility index (Phi) is 6.60. The summed E-state index contributed by atoms with van der Waals surface area (Å²) in [6.45, 7) is 3.50. The van der Waals surface area contributed by atoms with Gasteiger partial charge in [-0.25, -0.2) is 9.59 Å². The predicted molar refractivity (Wildman–Crippen MR) is 86.4 cm³/mol. The minimum atomic E-state index is -1.34. The molecule has 0 aromatic heterocycles. The zero-order chi connectivity index (χ0) is 16.7. The Bertz CT molecular complexity index is 654. The normalized spacial score (nSPS) is 13.5. The standard InChI is InChI=1S/C17H17ClO4/c1-11(10-14(16(19)20)17(21)22-3)9-12(2)15(18)13-7-5-4-6-8-13/h4-10H,1-3H3,(H,19,20)/b11-9+,14-10-,15-12-. The van der Waals surface area contributed by atoms with E-state index in [2.05, 4.69) is 4.74 Å². The second-order valence-corrected chi connectivity index (χ2v) is 4.98. The van der Waals surface area contributed by atoms with Crippen LogP contribution in [-0.4, -0.2) is 24.2 Å². The molecule has 0 aliphatic heterocycles. The monoisotopic (exact) mass is 320 g/mol. The van der Waals surface area contributed by atoms with Crippen LogP contribution in [0.3, 0.4) is 0 Å². The molecule has 1 aromatic carbocycles. The van der Waals surface area contributed by atoms with E-state index in [0.29, 0.717) is 10.6 Å². The minimum Gasteiger partial charge on any atom is -0.477 e. The largest absolute Gasteiger partial charge is 0.477 e. The third-order valence-electron chi connectivity index (χ3n) is 2.83. The van der Waals surface area contributed by atoms with Gasteiger partial charge in [-0.3, -0.25) is 0 Å². The summed E-state index contributed by atoms with van der Waals surface area (Å²) in [5.41, 5.74) is 1.77. The zero-order valence-corrected chi connectivity index (χ0v) is 13.3. The number of carbonyl (C=O) groups is 2. The van der Waals surface area contributed by atoms with Crippen molar-refractivity contribution in [2.45, 2.75) is 13.8 Å². The summed E-state index contributed by atoms with van der Waals surface area (Å²) in [6.07, 6.45) is 2.97. The summed E-state index contributed by atoms with van der Waals surface area (Å²) in [5.74, 6) is -2.23. The van der Waals surface area contributed by atoms with Gasteiger partial charge in [0, 0.05) is 0 Å². The van der Waals surface area contributed by atoms with E-state index < -0.39 is 17.5 Å². The number of hydrogen-bond donors (Lipinski definition) is 1. The molecule has 0 aliphatic carbocycles. The van der Waals surface area contributed by atoms with Gasteiger partial charge < -0.3 is 9.84 Å². The molecule has 0 bridgehead atoms. The van der Waals surface area contributed by atoms with Crippen LogP contribution in [0.1, 0.15) is 19.4 Å². The molecule has 0 unspecified atom stereocenters. The van der Waals surface area contributed by atoms with Crippen LogP contribution in [0.4, 0.5) is 0 Å². The summed E-state index contributed by atoms with van der Waals surface area (Å²) < 4.78 is 4.44. The first-order valence-corrected chi connectivity index (χ1v) is 6.88. The van der Waals surface area contributed by atoms with Gasteiger partial charge in [0.25, 0.3) is 0 Å². The Balaban J connectivity index is 3.15. The van der Waals surface area contributed by atoms with Crippen molar-refractivity contribution in [3.8, 4) is 0 Å².